The summed E-state index contributed by atoms with van der Waals surface area (Å²) >= 11 is 12.2. The summed E-state index contributed by atoms with van der Waals surface area (Å²) in [7, 11) is 0. The summed E-state index contributed by atoms with van der Waals surface area (Å²) in [5.74, 6) is -0.502. The van der Waals surface area contributed by atoms with Crippen molar-refractivity contribution >= 4 is 41.1 Å². The summed E-state index contributed by atoms with van der Waals surface area (Å²) in [4.78, 5) is 40.9. The van der Waals surface area contributed by atoms with E-state index >= 15 is 0 Å². The second-order valence-corrected chi connectivity index (χ2v) is 9.80. The van der Waals surface area contributed by atoms with Crippen molar-refractivity contribution in [2.75, 3.05) is 13.1 Å². The fourth-order valence-electron chi connectivity index (χ4n) is 4.94. The molecule has 8 heteroatoms. The first-order valence-corrected chi connectivity index (χ1v) is 12.2. The normalized spacial score (nSPS) is 19.1. The number of carbonyl (C=O) groups is 2. The molecule has 2 aliphatic rings. The highest BCUT2D eigenvalue weighted by atomic mass is 35.5. The Morgan fingerprint density at radius 1 is 0.914 bits per heavy atom. The molecule has 0 saturated carbocycles. The zero-order valence-electron chi connectivity index (χ0n) is 18.8. The van der Waals surface area contributed by atoms with Crippen LogP contribution in [0.1, 0.15) is 34.0 Å². The molecule has 0 aliphatic carbocycles. The van der Waals surface area contributed by atoms with E-state index in [1.165, 1.54) is 0 Å². The van der Waals surface area contributed by atoms with Crippen LogP contribution in [0.4, 0.5) is 0 Å². The molecule has 2 bridgehead atoms. The Hall–Kier alpha value is -3.35. The van der Waals surface area contributed by atoms with Gasteiger partial charge in [-0.2, -0.15) is 0 Å². The molecule has 3 aromatic rings. The number of nitrogens with one attached hydrogen (secondary N) is 1. The Balaban J connectivity index is 1.45. The van der Waals surface area contributed by atoms with E-state index < -0.39 is 5.91 Å². The predicted octanol–water partition coefficient (Wildman–Crippen LogP) is 4.57. The lowest BCUT2D eigenvalue weighted by molar-refractivity contribution is -0.130. The lowest BCUT2D eigenvalue weighted by Gasteiger charge is -2.43. The Labute approximate surface area is 212 Å². The maximum Gasteiger partial charge on any atom is 0.270 e. The van der Waals surface area contributed by atoms with E-state index in [-0.39, 0.29) is 34.6 Å². The summed E-state index contributed by atoms with van der Waals surface area (Å²) in [6.45, 7) is 1.56. The molecule has 35 heavy (non-hydrogen) atoms. The van der Waals surface area contributed by atoms with Gasteiger partial charge < -0.3 is 14.8 Å². The van der Waals surface area contributed by atoms with E-state index in [0.29, 0.717) is 29.7 Å². The van der Waals surface area contributed by atoms with E-state index in [1.807, 2.05) is 10.6 Å². The minimum absolute atomic E-state index is 0.00713. The maximum absolute atomic E-state index is 13.7. The van der Waals surface area contributed by atoms with Gasteiger partial charge in [0.25, 0.3) is 17.4 Å². The molecule has 0 radical (unpaired) electrons. The lowest BCUT2D eigenvalue weighted by Crippen LogP contribution is -2.50. The van der Waals surface area contributed by atoms with Gasteiger partial charge in [-0.3, -0.25) is 14.4 Å². The number of piperidine rings is 1. The first-order valence-electron chi connectivity index (χ1n) is 11.4. The van der Waals surface area contributed by atoms with Crippen molar-refractivity contribution in [2.24, 2.45) is 5.92 Å². The molecule has 1 aromatic heterocycles. The largest absolute Gasteiger partial charge is 0.336 e. The average Bonchev–Trinajstić information content (AvgIpc) is 2.85. The van der Waals surface area contributed by atoms with Crippen molar-refractivity contribution in [1.29, 1.82) is 0 Å². The molecule has 5 rings (SSSR count). The van der Waals surface area contributed by atoms with Crippen LogP contribution in [-0.2, 0) is 11.3 Å². The molecule has 1 N–H and O–H groups in total. The zero-order valence-corrected chi connectivity index (χ0v) is 20.3. The number of aromatic nitrogens is 1. The van der Waals surface area contributed by atoms with Crippen LogP contribution in [0.2, 0.25) is 10.0 Å². The maximum atomic E-state index is 13.7. The topological polar surface area (TPSA) is 71.4 Å². The van der Waals surface area contributed by atoms with Crippen molar-refractivity contribution in [2.45, 2.75) is 18.9 Å². The highest BCUT2D eigenvalue weighted by molar-refractivity contribution is 6.34. The van der Waals surface area contributed by atoms with Crippen LogP contribution in [0, 0.1) is 5.92 Å². The summed E-state index contributed by atoms with van der Waals surface area (Å²) in [5.41, 5.74) is 2.11. The number of pyridine rings is 1. The Morgan fingerprint density at radius 3 is 2.46 bits per heavy atom. The number of benzene rings is 2. The Morgan fingerprint density at radius 2 is 1.69 bits per heavy atom. The Bertz CT molecular complexity index is 1380. The summed E-state index contributed by atoms with van der Waals surface area (Å²) in [6.07, 6.45) is 2.58. The van der Waals surface area contributed by atoms with Gasteiger partial charge in [-0.05, 0) is 54.3 Å². The van der Waals surface area contributed by atoms with Crippen LogP contribution in [0.25, 0.3) is 6.08 Å². The van der Waals surface area contributed by atoms with Gasteiger partial charge in [-0.1, -0.05) is 53.5 Å². The zero-order chi connectivity index (χ0) is 24.5. The van der Waals surface area contributed by atoms with E-state index in [0.717, 1.165) is 17.7 Å². The SMILES string of the molecule is O=C(NC(=Cc1ccc(Cl)cc1)C(=O)N1CC2CC(C1)c1cccc(=O)n1C2)c1ccccc1Cl. The van der Waals surface area contributed by atoms with Crippen LogP contribution in [0.3, 0.4) is 0 Å². The second kappa shape index (κ2) is 9.72. The standard InChI is InChI=1S/C27H23Cl2N3O3/c28-20-10-8-17(9-11-20)13-23(30-26(34)21-4-1-2-5-22(21)29)27(35)31-14-18-12-19(16-31)24-6-3-7-25(33)32(24)15-18/h1-11,13,18-19H,12,14-16H2,(H,30,34). The number of amides is 2. The molecule has 0 spiro atoms. The fraction of sp³-hybridized carbons (Fsp3) is 0.222. The van der Waals surface area contributed by atoms with Gasteiger partial charge in [0.2, 0.25) is 0 Å². The van der Waals surface area contributed by atoms with Crippen molar-refractivity contribution in [3.63, 3.8) is 0 Å². The summed E-state index contributed by atoms with van der Waals surface area (Å²) in [5, 5.41) is 3.67. The molecule has 1 fully saturated rings. The third-order valence-electron chi connectivity index (χ3n) is 6.55. The average molecular weight is 508 g/mol. The van der Waals surface area contributed by atoms with E-state index in [4.69, 9.17) is 23.2 Å². The van der Waals surface area contributed by atoms with Gasteiger partial charge in [0.1, 0.15) is 5.70 Å². The van der Waals surface area contributed by atoms with Crippen molar-refractivity contribution < 1.29 is 9.59 Å². The molecule has 1 saturated heterocycles. The van der Waals surface area contributed by atoms with Crippen molar-refractivity contribution in [3.8, 4) is 0 Å². The smallest absolute Gasteiger partial charge is 0.270 e. The van der Waals surface area contributed by atoms with E-state index in [2.05, 4.69) is 5.32 Å². The quantitative estimate of drug-likeness (QED) is 0.525. The van der Waals surface area contributed by atoms with Gasteiger partial charge in [0.15, 0.2) is 0 Å². The molecular formula is C27H23Cl2N3O3. The monoisotopic (exact) mass is 507 g/mol. The number of hydrogen-bond donors (Lipinski definition) is 1. The van der Waals surface area contributed by atoms with Crippen LogP contribution in [-0.4, -0.2) is 34.4 Å². The van der Waals surface area contributed by atoms with Crippen LogP contribution >= 0.6 is 23.2 Å². The van der Waals surface area contributed by atoms with Gasteiger partial charge in [0, 0.05) is 42.3 Å². The van der Waals surface area contributed by atoms with Crippen molar-refractivity contribution in [3.05, 3.63) is 110 Å². The number of likely N-dealkylation sites (tertiary alicyclic amines) is 1. The molecule has 2 aromatic carbocycles. The molecule has 3 heterocycles. The molecule has 6 nitrogen and oxygen atoms in total. The van der Waals surface area contributed by atoms with E-state index in [9.17, 15) is 14.4 Å². The first-order chi connectivity index (χ1) is 16.9. The van der Waals surface area contributed by atoms with Gasteiger partial charge in [0.05, 0.1) is 10.6 Å². The minimum atomic E-state index is -0.460. The minimum Gasteiger partial charge on any atom is -0.336 e. The summed E-state index contributed by atoms with van der Waals surface area (Å²) in [6, 6.07) is 19.0. The second-order valence-electron chi connectivity index (χ2n) is 8.95. The van der Waals surface area contributed by atoms with Gasteiger partial charge in [-0.15, -0.1) is 0 Å². The molecule has 2 amide bonds. The number of halogens is 2. The third-order valence-corrected chi connectivity index (χ3v) is 7.13. The van der Waals surface area contributed by atoms with Gasteiger partial charge in [-0.25, -0.2) is 0 Å². The first kappa shape index (κ1) is 23.4. The number of carbonyl (C=O) groups excluding carboxylic acids is 2. The van der Waals surface area contributed by atoms with Crippen LogP contribution < -0.4 is 10.9 Å². The molecule has 178 valence electrons. The fourth-order valence-corrected chi connectivity index (χ4v) is 5.29. The number of hydrogen-bond acceptors (Lipinski definition) is 3. The number of nitrogens with zero attached hydrogens (tertiary/aromatic N) is 2. The molecule has 2 unspecified atom stereocenters. The molecule has 2 atom stereocenters. The highest BCUT2D eigenvalue weighted by Gasteiger charge is 2.37. The van der Waals surface area contributed by atoms with Crippen LogP contribution in [0.15, 0.2) is 77.2 Å². The molecule has 2 aliphatic heterocycles. The number of fused-ring (bicyclic) bond motifs is 4. The van der Waals surface area contributed by atoms with Crippen LogP contribution in [0.5, 0.6) is 0 Å². The summed E-state index contributed by atoms with van der Waals surface area (Å²) < 4.78 is 1.82. The van der Waals surface area contributed by atoms with E-state index in [1.54, 1.807) is 71.6 Å². The predicted molar refractivity (Wildman–Crippen MR) is 136 cm³/mol. The molecular weight excluding hydrogens is 485 g/mol. The Kier molecular flexibility index (Phi) is 6.50. The highest BCUT2D eigenvalue weighted by Crippen LogP contribution is 2.35. The third kappa shape index (κ3) is 4.90. The lowest BCUT2D eigenvalue weighted by atomic mass is 9.83. The number of rotatable bonds is 4. The van der Waals surface area contributed by atoms with Gasteiger partial charge >= 0.3 is 0 Å². The van der Waals surface area contributed by atoms with Crippen molar-refractivity contribution in [1.82, 2.24) is 14.8 Å².